The molecule has 0 aromatic carbocycles. The predicted molar refractivity (Wildman–Crippen MR) is 65.4 cm³/mol. The Balaban J connectivity index is 4.71. The van der Waals surface area contributed by atoms with Crippen molar-refractivity contribution >= 4 is 11.9 Å². The first-order valence-corrected chi connectivity index (χ1v) is 5.88. The zero-order valence-electron chi connectivity index (χ0n) is 10.7. The third-order valence-electron chi connectivity index (χ3n) is 1.85. The molecule has 0 bridgehead atoms. The SMILES string of the molecule is CCC/C=C/C=C(C(=O)OCC)C(=O)OCC. The molecule has 0 unspecified atom stereocenters. The molecule has 0 aliphatic rings. The second-order valence-corrected chi connectivity index (χ2v) is 3.24. The Kier molecular flexibility index (Phi) is 8.74. The number of carbonyl (C=O) groups is 2. The molecule has 0 aromatic rings. The van der Waals surface area contributed by atoms with E-state index in [1.54, 1.807) is 19.9 Å². The second-order valence-electron chi connectivity index (χ2n) is 3.24. The fourth-order valence-electron chi connectivity index (χ4n) is 1.06. The van der Waals surface area contributed by atoms with Crippen LogP contribution >= 0.6 is 0 Å². The van der Waals surface area contributed by atoms with Crippen LogP contribution in [0, 0.1) is 0 Å². The highest BCUT2D eigenvalue weighted by Gasteiger charge is 2.19. The van der Waals surface area contributed by atoms with E-state index in [-0.39, 0.29) is 18.8 Å². The van der Waals surface area contributed by atoms with E-state index < -0.39 is 11.9 Å². The minimum Gasteiger partial charge on any atom is -0.462 e. The van der Waals surface area contributed by atoms with Gasteiger partial charge in [0.2, 0.25) is 0 Å². The maximum absolute atomic E-state index is 11.5. The van der Waals surface area contributed by atoms with Crippen molar-refractivity contribution in [3.05, 3.63) is 23.8 Å². The van der Waals surface area contributed by atoms with Crippen LogP contribution in [0.3, 0.4) is 0 Å². The molecule has 4 heteroatoms. The first-order chi connectivity index (χ1) is 8.17. The molecule has 0 rings (SSSR count). The van der Waals surface area contributed by atoms with Crippen molar-refractivity contribution in [3.63, 3.8) is 0 Å². The fourth-order valence-corrected chi connectivity index (χ4v) is 1.06. The Hall–Kier alpha value is -1.58. The summed E-state index contributed by atoms with van der Waals surface area (Å²) in [6.07, 6.45) is 6.91. The first kappa shape index (κ1) is 15.4. The van der Waals surface area contributed by atoms with Crippen LogP contribution in [0.2, 0.25) is 0 Å². The highest BCUT2D eigenvalue weighted by atomic mass is 16.6. The lowest BCUT2D eigenvalue weighted by Gasteiger charge is -2.05. The van der Waals surface area contributed by atoms with Crippen LogP contribution < -0.4 is 0 Å². The van der Waals surface area contributed by atoms with Gasteiger partial charge in [0.15, 0.2) is 0 Å². The maximum atomic E-state index is 11.5. The summed E-state index contributed by atoms with van der Waals surface area (Å²) in [7, 11) is 0. The average Bonchev–Trinajstić information content (AvgIpc) is 2.29. The minimum absolute atomic E-state index is 0.0685. The standard InChI is InChI=1S/C13H20O4/c1-4-7-8-9-10-11(12(14)16-5-2)13(15)17-6-3/h8-10H,4-7H2,1-3H3/b9-8+. The van der Waals surface area contributed by atoms with Crippen LogP contribution in [0.1, 0.15) is 33.6 Å². The summed E-state index contributed by atoms with van der Waals surface area (Å²) in [6.45, 7) is 5.88. The molecule has 0 aromatic heterocycles. The third-order valence-corrected chi connectivity index (χ3v) is 1.85. The quantitative estimate of drug-likeness (QED) is 0.225. The Morgan fingerprint density at radius 3 is 1.94 bits per heavy atom. The van der Waals surface area contributed by atoms with E-state index in [2.05, 4.69) is 0 Å². The summed E-state index contributed by atoms with van der Waals surface area (Å²) < 4.78 is 9.57. The van der Waals surface area contributed by atoms with E-state index in [1.165, 1.54) is 6.08 Å². The van der Waals surface area contributed by atoms with E-state index in [1.807, 2.05) is 13.0 Å². The van der Waals surface area contributed by atoms with Gasteiger partial charge in [-0.2, -0.15) is 0 Å². The topological polar surface area (TPSA) is 52.6 Å². The molecule has 0 aliphatic heterocycles. The molecule has 0 N–H and O–H groups in total. The summed E-state index contributed by atoms with van der Waals surface area (Å²) >= 11 is 0. The predicted octanol–water partition coefficient (Wildman–Crippen LogP) is 2.40. The van der Waals surface area contributed by atoms with Crippen LogP contribution in [0.4, 0.5) is 0 Å². The fraction of sp³-hybridized carbons (Fsp3) is 0.538. The van der Waals surface area contributed by atoms with E-state index >= 15 is 0 Å². The molecule has 17 heavy (non-hydrogen) atoms. The number of hydrogen-bond acceptors (Lipinski definition) is 4. The molecule has 0 spiro atoms. The van der Waals surface area contributed by atoms with Gasteiger partial charge < -0.3 is 9.47 Å². The van der Waals surface area contributed by atoms with Crippen molar-refractivity contribution in [2.45, 2.75) is 33.6 Å². The van der Waals surface area contributed by atoms with Crippen molar-refractivity contribution in [2.24, 2.45) is 0 Å². The Bertz CT molecular complexity index is 283. The van der Waals surface area contributed by atoms with E-state index in [9.17, 15) is 9.59 Å². The number of esters is 2. The molecule has 0 amide bonds. The summed E-state index contributed by atoms with van der Waals surface area (Å²) in [5.74, 6) is -1.29. The number of carbonyl (C=O) groups excluding carboxylic acids is 2. The number of hydrogen-bond donors (Lipinski definition) is 0. The van der Waals surface area contributed by atoms with Gasteiger partial charge >= 0.3 is 11.9 Å². The van der Waals surface area contributed by atoms with Crippen molar-refractivity contribution in [3.8, 4) is 0 Å². The smallest absolute Gasteiger partial charge is 0.345 e. The molecule has 0 atom stereocenters. The maximum Gasteiger partial charge on any atom is 0.345 e. The van der Waals surface area contributed by atoms with E-state index in [4.69, 9.17) is 9.47 Å². The number of allylic oxidation sites excluding steroid dienone is 3. The van der Waals surface area contributed by atoms with Crippen LogP contribution in [0.25, 0.3) is 0 Å². The van der Waals surface area contributed by atoms with Gasteiger partial charge in [-0.05, 0) is 26.3 Å². The minimum atomic E-state index is -0.646. The summed E-state index contributed by atoms with van der Waals surface area (Å²) in [4.78, 5) is 23.0. The van der Waals surface area contributed by atoms with E-state index in [0.29, 0.717) is 0 Å². The molecule has 4 nitrogen and oxygen atoms in total. The van der Waals surface area contributed by atoms with Crippen LogP contribution in [0.15, 0.2) is 23.8 Å². The number of unbranched alkanes of at least 4 members (excludes halogenated alkanes) is 1. The lowest BCUT2D eigenvalue weighted by molar-refractivity contribution is -0.146. The van der Waals surface area contributed by atoms with Gasteiger partial charge in [0.1, 0.15) is 5.57 Å². The molecule has 0 aliphatic carbocycles. The average molecular weight is 240 g/mol. The molecule has 0 saturated heterocycles. The first-order valence-electron chi connectivity index (χ1n) is 5.88. The highest BCUT2D eigenvalue weighted by Crippen LogP contribution is 2.03. The molecule has 96 valence electrons. The zero-order valence-corrected chi connectivity index (χ0v) is 10.7. The van der Waals surface area contributed by atoms with Gasteiger partial charge in [-0.1, -0.05) is 25.5 Å². The van der Waals surface area contributed by atoms with Gasteiger partial charge in [-0.15, -0.1) is 0 Å². The van der Waals surface area contributed by atoms with Crippen molar-refractivity contribution in [1.29, 1.82) is 0 Å². The normalized spacial score (nSPS) is 10.1. The van der Waals surface area contributed by atoms with Crippen molar-refractivity contribution in [2.75, 3.05) is 13.2 Å². The number of ether oxygens (including phenoxy) is 2. The molecule has 0 heterocycles. The van der Waals surface area contributed by atoms with Crippen molar-refractivity contribution < 1.29 is 19.1 Å². The molecule has 0 saturated carbocycles. The molecular formula is C13H20O4. The molecule has 0 fully saturated rings. The Morgan fingerprint density at radius 1 is 1.00 bits per heavy atom. The monoisotopic (exact) mass is 240 g/mol. The summed E-state index contributed by atoms with van der Waals surface area (Å²) in [5, 5.41) is 0. The number of rotatable bonds is 7. The lowest BCUT2D eigenvalue weighted by atomic mass is 10.2. The van der Waals surface area contributed by atoms with Gasteiger partial charge in [0.05, 0.1) is 13.2 Å². The Morgan fingerprint density at radius 2 is 1.53 bits per heavy atom. The lowest BCUT2D eigenvalue weighted by Crippen LogP contribution is -2.18. The highest BCUT2D eigenvalue weighted by molar-refractivity contribution is 6.14. The van der Waals surface area contributed by atoms with Gasteiger partial charge in [-0.3, -0.25) is 0 Å². The third kappa shape index (κ3) is 6.56. The van der Waals surface area contributed by atoms with Gasteiger partial charge in [0.25, 0.3) is 0 Å². The van der Waals surface area contributed by atoms with Gasteiger partial charge in [-0.25, -0.2) is 9.59 Å². The van der Waals surface area contributed by atoms with Gasteiger partial charge in [0, 0.05) is 0 Å². The molecule has 0 radical (unpaired) electrons. The summed E-state index contributed by atoms with van der Waals surface area (Å²) in [5.41, 5.74) is -0.0685. The molecular weight excluding hydrogens is 220 g/mol. The largest absolute Gasteiger partial charge is 0.462 e. The Labute approximate surface area is 102 Å². The van der Waals surface area contributed by atoms with Crippen molar-refractivity contribution in [1.82, 2.24) is 0 Å². The van der Waals surface area contributed by atoms with E-state index in [0.717, 1.165) is 12.8 Å². The van der Waals surface area contributed by atoms with Crippen LogP contribution in [-0.4, -0.2) is 25.2 Å². The summed E-state index contributed by atoms with van der Waals surface area (Å²) in [6, 6.07) is 0. The zero-order chi connectivity index (χ0) is 13.1. The second kappa shape index (κ2) is 9.63. The van der Waals surface area contributed by atoms with Crippen LogP contribution in [-0.2, 0) is 19.1 Å². The van der Waals surface area contributed by atoms with Crippen LogP contribution in [0.5, 0.6) is 0 Å².